The third-order valence-electron chi connectivity index (χ3n) is 7.65. The first kappa shape index (κ1) is 21.6. The number of rotatable bonds is 7. The van der Waals surface area contributed by atoms with Crippen molar-refractivity contribution in [2.24, 2.45) is 11.8 Å². The number of carbonyl (C=O) groups is 3. The van der Waals surface area contributed by atoms with Gasteiger partial charge < -0.3 is 25.4 Å². The second-order valence-electron chi connectivity index (χ2n) is 9.62. The smallest absolute Gasteiger partial charge is 0.246 e. The van der Waals surface area contributed by atoms with Gasteiger partial charge in [0.2, 0.25) is 17.7 Å². The second kappa shape index (κ2) is 8.11. The molecule has 3 saturated heterocycles. The number of amides is 3. The molecule has 3 N–H and O–H groups in total. The fraction of sp³-hybridized carbons (Fsp3) is 0.864. The van der Waals surface area contributed by atoms with E-state index in [1.165, 1.54) is 11.3 Å². The van der Waals surface area contributed by atoms with Crippen molar-refractivity contribution < 1.29 is 24.2 Å². The van der Waals surface area contributed by atoms with Crippen LogP contribution in [-0.2, 0) is 19.1 Å². The van der Waals surface area contributed by atoms with Crippen LogP contribution in [0.15, 0.2) is 0 Å². The number of carbonyl (C=O) groups excluding carboxylic acids is 3. The van der Waals surface area contributed by atoms with Crippen LogP contribution < -0.4 is 10.6 Å². The quantitative estimate of drug-likeness (QED) is 0.561. The summed E-state index contributed by atoms with van der Waals surface area (Å²) >= 11 is 0. The average Bonchev–Trinajstić information content (AvgIpc) is 3.28. The van der Waals surface area contributed by atoms with Crippen molar-refractivity contribution >= 4 is 17.7 Å². The second-order valence-corrected chi connectivity index (χ2v) is 9.62. The van der Waals surface area contributed by atoms with Gasteiger partial charge in [-0.1, -0.05) is 26.2 Å². The van der Waals surface area contributed by atoms with Crippen LogP contribution in [-0.4, -0.2) is 70.7 Å². The van der Waals surface area contributed by atoms with Gasteiger partial charge in [0.25, 0.3) is 0 Å². The molecule has 0 aromatic heterocycles. The van der Waals surface area contributed by atoms with Crippen molar-refractivity contribution in [1.29, 1.82) is 0 Å². The summed E-state index contributed by atoms with van der Waals surface area (Å²) in [7, 11) is 0. The predicted octanol–water partition coefficient (Wildman–Crippen LogP) is 0.719. The highest BCUT2D eigenvalue weighted by Crippen LogP contribution is 2.63. The van der Waals surface area contributed by atoms with E-state index in [0.717, 1.165) is 32.1 Å². The molecule has 0 aromatic carbocycles. The fourth-order valence-electron chi connectivity index (χ4n) is 6.36. The number of nitrogens with one attached hydrogen (secondary N) is 2. The topological polar surface area (TPSA) is 108 Å². The summed E-state index contributed by atoms with van der Waals surface area (Å²) in [6.07, 6.45) is 7.29. The molecular formula is C22H35N3O5. The molecular weight excluding hydrogens is 386 g/mol. The molecule has 2 unspecified atom stereocenters. The van der Waals surface area contributed by atoms with Crippen molar-refractivity contribution in [3.05, 3.63) is 0 Å². The van der Waals surface area contributed by atoms with Gasteiger partial charge in [-0.05, 0) is 39.0 Å². The van der Waals surface area contributed by atoms with Crippen molar-refractivity contribution in [3.63, 3.8) is 0 Å². The van der Waals surface area contributed by atoms with E-state index in [2.05, 4.69) is 10.6 Å². The summed E-state index contributed by atoms with van der Waals surface area (Å²) in [5.74, 6) is -1.91. The van der Waals surface area contributed by atoms with Crippen LogP contribution in [0.4, 0.5) is 0 Å². The Labute approximate surface area is 178 Å². The zero-order valence-corrected chi connectivity index (χ0v) is 18.1. The van der Waals surface area contributed by atoms with Gasteiger partial charge in [0.15, 0.2) is 0 Å². The molecule has 1 spiro atoms. The first-order valence-corrected chi connectivity index (χ1v) is 11.6. The number of nitrogens with zero attached hydrogens (tertiary/aromatic N) is 1. The molecule has 3 heterocycles. The Morgan fingerprint density at radius 2 is 1.93 bits per heavy atom. The van der Waals surface area contributed by atoms with Crippen molar-refractivity contribution in [2.45, 2.75) is 88.5 Å². The molecule has 2 bridgehead atoms. The monoisotopic (exact) mass is 421 g/mol. The van der Waals surface area contributed by atoms with E-state index in [1.54, 1.807) is 0 Å². The van der Waals surface area contributed by atoms with Gasteiger partial charge in [-0.3, -0.25) is 14.4 Å². The third-order valence-corrected chi connectivity index (χ3v) is 7.65. The maximum absolute atomic E-state index is 13.5. The largest absolute Gasteiger partial charge is 0.395 e. The lowest BCUT2D eigenvalue weighted by atomic mass is 9.66. The standard InChI is InChI=1S/C22H35N3O5/c1-3-11-23-18(27)15-16-20(29)25(12-13-26)17(22(16)10-9-21(15,2)30-22)19(28)24-14-7-5-4-6-8-14/h14-17,26H,3-13H2,1-2H3,(H,23,27)(H,24,28)/t15-,16+,17?,21+,22?/m1/s1. The molecule has 8 heteroatoms. The van der Waals surface area contributed by atoms with E-state index >= 15 is 0 Å². The van der Waals surface area contributed by atoms with Crippen molar-refractivity contribution in [3.8, 4) is 0 Å². The van der Waals surface area contributed by atoms with E-state index in [1.807, 2.05) is 13.8 Å². The molecule has 30 heavy (non-hydrogen) atoms. The summed E-state index contributed by atoms with van der Waals surface area (Å²) in [4.78, 5) is 41.4. The Hall–Kier alpha value is -1.67. The molecule has 1 saturated carbocycles. The lowest BCUT2D eigenvalue weighted by molar-refractivity contribution is -0.147. The molecule has 168 valence electrons. The van der Waals surface area contributed by atoms with Crippen LogP contribution in [0.2, 0.25) is 0 Å². The normalized spacial score (nSPS) is 38.0. The maximum atomic E-state index is 13.5. The lowest BCUT2D eigenvalue weighted by Crippen LogP contribution is -2.57. The molecule has 0 radical (unpaired) electrons. The Balaban J connectivity index is 1.64. The van der Waals surface area contributed by atoms with Gasteiger partial charge in [0, 0.05) is 19.1 Å². The van der Waals surface area contributed by atoms with Gasteiger partial charge in [-0.15, -0.1) is 0 Å². The van der Waals surface area contributed by atoms with Gasteiger partial charge in [0.05, 0.1) is 24.0 Å². The van der Waals surface area contributed by atoms with E-state index in [4.69, 9.17) is 4.74 Å². The first-order valence-electron chi connectivity index (χ1n) is 11.6. The molecule has 3 amide bonds. The number of hydrogen-bond donors (Lipinski definition) is 3. The first-order chi connectivity index (χ1) is 14.4. The third kappa shape index (κ3) is 3.23. The van der Waals surface area contributed by atoms with Crippen molar-refractivity contribution in [2.75, 3.05) is 19.7 Å². The van der Waals surface area contributed by atoms with Gasteiger partial charge in [-0.2, -0.15) is 0 Å². The number of ether oxygens (including phenoxy) is 1. The molecule has 3 aliphatic heterocycles. The van der Waals surface area contributed by atoms with Crippen LogP contribution >= 0.6 is 0 Å². The van der Waals surface area contributed by atoms with Crippen molar-refractivity contribution in [1.82, 2.24) is 15.5 Å². The Kier molecular flexibility index (Phi) is 5.83. The minimum Gasteiger partial charge on any atom is -0.395 e. The average molecular weight is 422 g/mol. The van der Waals surface area contributed by atoms with E-state index in [-0.39, 0.29) is 36.9 Å². The fourth-order valence-corrected chi connectivity index (χ4v) is 6.36. The van der Waals surface area contributed by atoms with Crippen LogP contribution in [0.5, 0.6) is 0 Å². The molecule has 5 atom stereocenters. The van der Waals surface area contributed by atoms with Gasteiger partial charge in [0.1, 0.15) is 11.6 Å². The molecule has 4 fully saturated rings. The summed E-state index contributed by atoms with van der Waals surface area (Å²) in [5, 5.41) is 15.7. The molecule has 8 nitrogen and oxygen atoms in total. The Morgan fingerprint density at radius 3 is 2.60 bits per heavy atom. The number of aliphatic hydroxyl groups is 1. The molecule has 1 aliphatic carbocycles. The number of hydrogen-bond acceptors (Lipinski definition) is 5. The highest BCUT2D eigenvalue weighted by Gasteiger charge is 2.77. The zero-order chi connectivity index (χ0) is 21.5. The minimum absolute atomic E-state index is 0.0726. The Morgan fingerprint density at radius 1 is 1.20 bits per heavy atom. The van der Waals surface area contributed by atoms with E-state index in [0.29, 0.717) is 19.4 Å². The maximum Gasteiger partial charge on any atom is 0.246 e. The van der Waals surface area contributed by atoms with Crippen LogP contribution in [0.3, 0.4) is 0 Å². The number of aliphatic hydroxyl groups excluding tert-OH is 1. The summed E-state index contributed by atoms with van der Waals surface area (Å²) in [5.41, 5.74) is -1.74. The molecule has 4 aliphatic rings. The Bertz CT molecular complexity index is 709. The summed E-state index contributed by atoms with van der Waals surface area (Å²) in [6.45, 7) is 4.27. The number of fused-ring (bicyclic) bond motifs is 1. The van der Waals surface area contributed by atoms with E-state index in [9.17, 15) is 19.5 Å². The van der Waals surface area contributed by atoms with Gasteiger partial charge in [-0.25, -0.2) is 0 Å². The molecule has 4 rings (SSSR count). The summed E-state index contributed by atoms with van der Waals surface area (Å²) in [6, 6.07) is -0.680. The van der Waals surface area contributed by atoms with Crippen LogP contribution in [0.25, 0.3) is 0 Å². The zero-order valence-electron chi connectivity index (χ0n) is 18.1. The van der Waals surface area contributed by atoms with Crippen LogP contribution in [0.1, 0.15) is 65.2 Å². The highest BCUT2D eigenvalue weighted by atomic mass is 16.5. The SMILES string of the molecule is CCCNC(=O)[C@H]1[C@H]2C(=O)N(CCO)C(C(=O)NC3CCCCC3)C23CC[C@]1(C)O3. The molecule has 0 aromatic rings. The lowest BCUT2D eigenvalue weighted by Gasteiger charge is -2.35. The minimum atomic E-state index is -0.992. The highest BCUT2D eigenvalue weighted by molar-refractivity contribution is 5.99. The van der Waals surface area contributed by atoms with Crippen LogP contribution in [0, 0.1) is 11.8 Å². The van der Waals surface area contributed by atoms with E-state index < -0.39 is 29.1 Å². The number of β-amino-alcohol motifs (C(OH)–C–C–N with tert-alkyl or cyclic N) is 1. The number of likely N-dealkylation sites (tertiary alicyclic amines) is 1. The van der Waals surface area contributed by atoms with Gasteiger partial charge >= 0.3 is 0 Å². The summed E-state index contributed by atoms with van der Waals surface area (Å²) < 4.78 is 6.49. The predicted molar refractivity (Wildman–Crippen MR) is 109 cm³/mol.